The summed E-state index contributed by atoms with van der Waals surface area (Å²) in [5.74, 6) is 0. The van der Waals surface area contributed by atoms with Crippen molar-refractivity contribution in [3.05, 3.63) is 129 Å². The zero-order valence-corrected chi connectivity index (χ0v) is 29.3. The second kappa shape index (κ2) is 13.7. The molecular weight excluding hydrogens is 661 g/mol. The fourth-order valence-electron chi connectivity index (χ4n) is 6.72. The molecule has 6 heteroatoms. The molecule has 0 N–H and O–H groups in total. The van der Waals surface area contributed by atoms with E-state index in [0.717, 1.165) is 22.3 Å². The van der Waals surface area contributed by atoms with Gasteiger partial charge in [-0.2, -0.15) is 0 Å². The van der Waals surface area contributed by atoms with Crippen molar-refractivity contribution >= 4 is 17.6 Å². The maximum absolute atomic E-state index is 13.2. The quantitative estimate of drug-likeness (QED) is 0.262. The molecule has 42 heavy (non-hydrogen) atoms. The number of rotatable bonds is 6. The van der Waals surface area contributed by atoms with Gasteiger partial charge in [-0.25, -0.2) is 0 Å². The van der Waals surface area contributed by atoms with Gasteiger partial charge in [0.15, 0.2) is 0 Å². The number of allylic oxidation sites excluding steroid dienone is 2. The van der Waals surface area contributed by atoms with E-state index in [1.54, 1.807) is 0 Å². The third kappa shape index (κ3) is 5.85. The average molecular weight is 695 g/mol. The van der Waals surface area contributed by atoms with Gasteiger partial charge in [-0.15, -0.1) is 0 Å². The summed E-state index contributed by atoms with van der Waals surface area (Å²) in [7, 11) is 0. The maximum atomic E-state index is 13.2. The summed E-state index contributed by atoms with van der Waals surface area (Å²) in [6.07, 6.45) is 4.89. The van der Waals surface area contributed by atoms with E-state index in [1.165, 1.54) is 44.5 Å². The van der Waals surface area contributed by atoms with Crippen molar-refractivity contribution in [2.45, 2.75) is 47.5 Å². The van der Waals surface area contributed by atoms with Crippen LogP contribution in [0.3, 0.4) is 0 Å². The molecular formula is C36H34Cl2F2SiZr. The van der Waals surface area contributed by atoms with Crippen LogP contribution < -0.4 is 24.8 Å². The predicted octanol–water partition coefficient (Wildman–Crippen LogP) is 4.45. The molecule has 0 spiro atoms. The Bertz CT molecular complexity index is 1580. The van der Waals surface area contributed by atoms with Gasteiger partial charge >= 0.3 is 246 Å². The zero-order chi connectivity index (χ0) is 28.0. The predicted molar refractivity (Wildman–Crippen MR) is 164 cm³/mol. The van der Waals surface area contributed by atoms with Crippen LogP contribution in [-0.4, -0.2) is 5.43 Å². The first-order valence-corrected chi connectivity index (χ1v) is 23.0. The Morgan fingerprint density at radius 3 is 1.31 bits per heavy atom. The first-order chi connectivity index (χ1) is 19.4. The fourth-order valence-corrected chi connectivity index (χ4v) is 27.5. The number of fused-ring (bicyclic) bond motifs is 2. The van der Waals surface area contributed by atoms with Crippen LogP contribution in [0.2, 0.25) is 13.1 Å². The van der Waals surface area contributed by atoms with Crippen LogP contribution >= 0.6 is 0 Å². The molecule has 2 atom stereocenters. The number of alkyl halides is 2. The van der Waals surface area contributed by atoms with E-state index in [-0.39, 0.29) is 24.8 Å². The second-order valence-electron chi connectivity index (χ2n) is 11.4. The second-order valence-corrected chi connectivity index (χ2v) is 29.2. The van der Waals surface area contributed by atoms with Crippen LogP contribution in [0.1, 0.15) is 54.5 Å². The van der Waals surface area contributed by atoms with E-state index < -0.39 is 39.1 Å². The Kier molecular flexibility index (Phi) is 10.7. The minimum Gasteiger partial charge on any atom is -1.00 e. The van der Waals surface area contributed by atoms with Gasteiger partial charge in [0.05, 0.1) is 0 Å². The molecule has 0 aromatic heterocycles. The van der Waals surface area contributed by atoms with E-state index in [4.69, 9.17) is 0 Å². The number of halogens is 4. The van der Waals surface area contributed by atoms with E-state index in [9.17, 15) is 8.78 Å². The summed E-state index contributed by atoms with van der Waals surface area (Å²) in [6, 6.07) is 29.5. The molecule has 4 aromatic carbocycles. The van der Waals surface area contributed by atoms with Crippen molar-refractivity contribution in [1.82, 2.24) is 0 Å². The Morgan fingerprint density at radius 2 is 0.976 bits per heavy atom. The minimum atomic E-state index is -2.18. The summed E-state index contributed by atoms with van der Waals surface area (Å²) < 4.78 is 27.4. The van der Waals surface area contributed by atoms with Crippen molar-refractivity contribution < 1.29 is 54.0 Å². The van der Waals surface area contributed by atoms with Crippen LogP contribution in [0.5, 0.6) is 0 Å². The normalized spacial score (nSPS) is 16.2. The molecule has 6 rings (SSSR count). The van der Waals surface area contributed by atoms with Crippen molar-refractivity contribution in [2.75, 3.05) is 0 Å². The molecule has 2 aliphatic rings. The van der Waals surface area contributed by atoms with Gasteiger partial charge in [-0.3, -0.25) is 0 Å². The van der Waals surface area contributed by atoms with Crippen molar-refractivity contribution in [3.8, 4) is 22.3 Å². The zero-order valence-electron chi connectivity index (χ0n) is 24.3. The standard InChI is InChI=1S/2C17H14F.C2H6Si.2ClH.Zr/c2*1-12-9-15-3-2-4-16(17(15)10-12)14-7-5-13(11-18)6-8-14;1-3-2;;;/h2*2-10H,11H2,1H3;1-2H3;2*1H;/q;;;;;+2/p-2. The molecule has 0 saturated heterocycles. The maximum Gasteiger partial charge on any atom is -1.00 e. The molecule has 214 valence electrons. The summed E-state index contributed by atoms with van der Waals surface area (Å²) in [6.45, 7) is 8.95. The number of hydrogen-bond donors (Lipinski definition) is 0. The van der Waals surface area contributed by atoms with Gasteiger partial charge in [0.1, 0.15) is 0 Å². The molecule has 0 fully saturated rings. The summed E-state index contributed by atoms with van der Waals surface area (Å²) in [5.41, 5.74) is 14.5. The van der Waals surface area contributed by atoms with Crippen molar-refractivity contribution in [3.63, 3.8) is 0 Å². The minimum absolute atomic E-state index is 0. The first kappa shape index (κ1) is 32.8. The van der Waals surface area contributed by atoms with Gasteiger partial charge in [0.2, 0.25) is 0 Å². The summed E-state index contributed by atoms with van der Waals surface area (Å²) in [5, 5.41) is 0. The fraction of sp³-hybridized carbons (Fsp3) is 0.222. The monoisotopic (exact) mass is 692 g/mol. The molecule has 0 aliphatic heterocycles. The Hall–Kier alpha value is -2.10. The molecule has 0 amide bonds. The molecule has 2 aliphatic carbocycles. The molecule has 0 saturated carbocycles. The molecule has 0 radical (unpaired) electrons. The third-order valence-electron chi connectivity index (χ3n) is 8.59. The van der Waals surface area contributed by atoms with Crippen LogP contribution in [0, 0.1) is 0 Å². The van der Waals surface area contributed by atoms with Gasteiger partial charge < -0.3 is 24.8 Å². The van der Waals surface area contributed by atoms with Crippen LogP contribution in [0.15, 0.2) is 96.1 Å². The first-order valence-electron chi connectivity index (χ1n) is 14.0. The molecule has 4 aromatic rings. The van der Waals surface area contributed by atoms with Crippen molar-refractivity contribution in [2.24, 2.45) is 0 Å². The summed E-state index contributed by atoms with van der Waals surface area (Å²) >= 11 is -2.18. The Morgan fingerprint density at radius 1 is 0.595 bits per heavy atom. The number of benzene rings is 4. The Labute approximate surface area is 269 Å². The van der Waals surface area contributed by atoms with E-state index in [2.05, 4.69) is 99.8 Å². The molecule has 0 nitrogen and oxygen atoms in total. The van der Waals surface area contributed by atoms with Gasteiger partial charge in [-0.1, -0.05) is 0 Å². The SMILES string of the molecule is CC1=Cc2c(-c3ccc(CF)cc3)cccc2[CH]1[Zr+2]([CH]1C(C)=Cc2c(-c3ccc(CF)cc3)cccc21)=[Si](C)C.[Cl-].[Cl-]. The largest absolute Gasteiger partial charge is 1.00 e. The van der Waals surface area contributed by atoms with E-state index in [1.807, 2.05) is 24.3 Å². The molecule has 2 unspecified atom stereocenters. The Balaban J connectivity index is 0.00000202. The summed E-state index contributed by atoms with van der Waals surface area (Å²) in [4.78, 5) is 0. The van der Waals surface area contributed by atoms with E-state index in [0.29, 0.717) is 7.25 Å². The van der Waals surface area contributed by atoms with Gasteiger partial charge in [0.25, 0.3) is 0 Å². The van der Waals surface area contributed by atoms with Crippen LogP contribution in [0.4, 0.5) is 8.78 Å². The molecule has 0 heterocycles. The van der Waals surface area contributed by atoms with Crippen LogP contribution in [0.25, 0.3) is 34.4 Å². The molecule has 0 bridgehead atoms. The van der Waals surface area contributed by atoms with Crippen LogP contribution in [-0.2, 0) is 33.7 Å². The third-order valence-corrected chi connectivity index (χ3v) is 28.5. The van der Waals surface area contributed by atoms with Gasteiger partial charge in [-0.05, 0) is 0 Å². The average Bonchev–Trinajstić information content (AvgIpc) is 3.49. The topological polar surface area (TPSA) is 0 Å². The van der Waals surface area contributed by atoms with Crippen molar-refractivity contribution in [1.29, 1.82) is 0 Å². The van der Waals surface area contributed by atoms with E-state index >= 15 is 0 Å². The smallest absolute Gasteiger partial charge is 1.00 e. The number of hydrogen-bond acceptors (Lipinski definition) is 0. The van der Waals surface area contributed by atoms with Gasteiger partial charge in [0, 0.05) is 0 Å².